The van der Waals surface area contributed by atoms with Crippen molar-refractivity contribution in [3.05, 3.63) is 0 Å². The minimum atomic E-state index is 0. The lowest BCUT2D eigenvalue weighted by Gasteiger charge is -2.39. The van der Waals surface area contributed by atoms with Gasteiger partial charge in [-0.15, -0.1) is 12.4 Å². The van der Waals surface area contributed by atoms with Gasteiger partial charge < -0.3 is 15.3 Å². The van der Waals surface area contributed by atoms with E-state index in [1.54, 1.807) is 0 Å². The van der Waals surface area contributed by atoms with Crippen molar-refractivity contribution in [2.24, 2.45) is 0 Å². The molecule has 5 heteroatoms. The molecule has 0 unspecified atom stereocenters. The average Bonchev–Trinajstić information content (AvgIpc) is 2.22. The number of hydrogen-bond donors (Lipinski definition) is 2. The van der Waals surface area contributed by atoms with Crippen LogP contribution in [0, 0.1) is 0 Å². The standard InChI is InChI=1S/C12H24N2O2.ClH/c1-12(2)10-14(8-7-13-12)11(16)6-4-3-5-9-15;/h13,15H,3-10H2,1-2H3;1H. The summed E-state index contributed by atoms with van der Waals surface area (Å²) in [5.74, 6) is 0.257. The number of amides is 1. The summed E-state index contributed by atoms with van der Waals surface area (Å²) in [6.07, 6.45) is 3.26. The predicted molar refractivity (Wildman–Crippen MR) is 71.5 cm³/mol. The molecule has 1 saturated heterocycles. The third-order valence-corrected chi connectivity index (χ3v) is 2.97. The first-order valence-corrected chi connectivity index (χ1v) is 6.19. The van der Waals surface area contributed by atoms with Crippen molar-refractivity contribution < 1.29 is 9.90 Å². The Labute approximate surface area is 110 Å². The molecular weight excluding hydrogens is 240 g/mol. The largest absolute Gasteiger partial charge is 0.396 e. The molecule has 1 amide bonds. The molecule has 0 aromatic heterocycles. The second-order valence-corrected chi connectivity index (χ2v) is 5.16. The van der Waals surface area contributed by atoms with Crippen LogP contribution in [0.2, 0.25) is 0 Å². The highest BCUT2D eigenvalue weighted by molar-refractivity contribution is 5.85. The molecule has 0 aromatic carbocycles. The van der Waals surface area contributed by atoms with Gasteiger partial charge >= 0.3 is 0 Å². The van der Waals surface area contributed by atoms with Gasteiger partial charge in [0.15, 0.2) is 0 Å². The third kappa shape index (κ3) is 6.24. The summed E-state index contributed by atoms with van der Waals surface area (Å²) >= 11 is 0. The second kappa shape index (κ2) is 7.90. The molecule has 4 nitrogen and oxygen atoms in total. The van der Waals surface area contributed by atoms with E-state index in [4.69, 9.17) is 5.11 Å². The molecule has 0 atom stereocenters. The Morgan fingerprint density at radius 3 is 2.65 bits per heavy atom. The average molecular weight is 265 g/mol. The molecule has 0 radical (unpaired) electrons. The van der Waals surface area contributed by atoms with Crippen LogP contribution in [0.25, 0.3) is 0 Å². The van der Waals surface area contributed by atoms with Gasteiger partial charge in [0.25, 0.3) is 0 Å². The zero-order chi connectivity index (χ0) is 12.0. The van der Waals surface area contributed by atoms with Gasteiger partial charge in [-0.25, -0.2) is 0 Å². The number of nitrogens with zero attached hydrogens (tertiary/aromatic N) is 1. The van der Waals surface area contributed by atoms with E-state index in [0.717, 1.165) is 38.9 Å². The molecule has 1 aliphatic rings. The number of nitrogens with one attached hydrogen (secondary N) is 1. The molecular formula is C12H25ClN2O2. The number of carbonyl (C=O) groups is 1. The monoisotopic (exact) mass is 264 g/mol. The van der Waals surface area contributed by atoms with Gasteiger partial charge in [0, 0.05) is 38.2 Å². The molecule has 0 aromatic rings. The maximum absolute atomic E-state index is 11.9. The third-order valence-electron chi connectivity index (χ3n) is 2.97. The van der Waals surface area contributed by atoms with Crippen LogP contribution in [0.15, 0.2) is 0 Å². The number of hydrogen-bond acceptors (Lipinski definition) is 3. The molecule has 0 bridgehead atoms. The SMILES string of the molecule is CC1(C)CN(C(=O)CCCCCO)CCN1.Cl. The molecule has 102 valence electrons. The van der Waals surface area contributed by atoms with E-state index in [-0.39, 0.29) is 30.5 Å². The minimum absolute atomic E-state index is 0. The topological polar surface area (TPSA) is 52.6 Å². The van der Waals surface area contributed by atoms with Gasteiger partial charge in [-0.2, -0.15) is 0 Å². The van der Waals surface area contributed by atoms with Crippen molar-refractivity contribution in [2.45, 2.75) is 45.1 Å². The van der Waals surface area contributed by atoms with Crippen LogP contribution in [0.4, 0.5) is 0 Å². The molecule has 1 aliphatic heterocycles. The first-order valence-electron chi connectivity index (χ1n) is 6.19. The van der Waals surface area contributed by atoms with Crippen molar-refractivity contribution in [1.29, 1.82) is 0 Å². The fourth-order valence-electron chi connectivity index (χ4n) is 2.08. The Balaban J connectivity index is 0.00000256. The maximum Gasteiger partial charge on any atom is 0.222 e. The normalized spacial score (nSPS) is 18.6. The number of carbonyl (C=O) groups excluding carboxylic acids is 1. The molecule has 1 heterocycles. The first-order chi connectivity index (χ1) is 7.55. The Morgan fingerprint density at radius 1 is 1.35 bits per heavy atom. The molecule has 2 N–H and O–H groups in total. The van der Waals surface area contributed by atoms with E-state index >= 15 is 0 Å². The van der Waals surface area contributed by atoms with Crippen molar-refractivity contribution in [3.63, 3.8) is 0 Å². The molecule has 17 heavy (non-hydrogen) atoms. The van der Waals surface area contributed by atoms with Crippen LogP contribution >= 0.6 is 12.4 Å². The first kappa shape index (κ1) is 16.7. The van der Waals surface area contributed by atoms with Gasteiger partial charge in [-0.3, -0.25) is 4.79 Å². The van der Waals surface area contributed by atoms with Crippen LogP contribution in [-0.2, 0) is 4.79 Å². The Hall–Kier alpha value is -0.320. The van der Waals surface area contributed by atoms with Gasteiger partial charge in [0.1, 0.15) is 0 Å². The molecule has 1 fully saturated rings. The number of unbranched alkanes of at least 4 members (excludes halogenated alkanes) is 2. The van der Waals surface area contributed by atoms with E-state index in [2.05, 4.69) is 19.2 Å². The highest BCUT2D eigenvalue weighted by Gasteiger charge is 2.27. The van der Waals surface area contributed by atoms with E-state index < -0.39 is 0 Å². The number of aliphatic hydroxyl groups excluding tert-OH is 1. The summed E-state index contributed by atoms with van der Waals surface area (Å²) in [5, 5.41) is 12.0. The summed E-state index contributed by atoms with van der Waals surface area (Å²) in [6.45, 7) is 6.98. The lowest BCUT2D eigenvalue weighted by Crippen LogP contribution is -2.58. The predicted octanol–water partition coefficient (Wildman–Crippen LogP) is 1.17. The molecule has 1 rings (SSSR count). The van der Waals surface area contributed by atoms with E-state index in [1.807, 2.05) is 4.90 Å². The Morgan fingerprint density at radius 2 is 2.06 bits per heavy atom. The second-order valence-electron chi connectivity index (χ2n) is 5.16. The lowest BCUT2D eigenvalue weighted by atomic mass is 10.0. The van der Waals surface area contributed by atoms with Crippen molar-refractivity contribution in [1.82, 2.24) is 10.2 Å². The summed E-state index contributed by atoms with van der Waals surface area (Å²) in [6, 6.07) is 0. The fourth-order valence-corrected chi connectivity index (χ4v) is 2.08. The number of piperazine rings is 1. The fraction of sp³-hybridized carbons (Fsp3) is 0.917. The highest BCUT2D eigenvalue weighted by atomic mass is 35.5. The summed E-state index contributed by atoms with van der Waals surface area (Å²) in [5.41, 5.74) is 0.0407. The molecule has 0 saturated carbocycles. The smallest absolute Gasteiger partial charge is 0.222 e. The van der Waals surface area contributed by atoms with Gasteiger partial charge in [-0.1, -0.05) is 6.42 Å². The van der Waals surface area contributed by atoms with Crippen molar-refractivity contribution >= 4 is 18.3 Å². The highest BCUT2D eigenvalue weighted by Crippen LogP contribution is 2.12. The summed E-state index contributed by atoms with van der Waals surface area (Å²) < 4.78 is 0. The summed E-state index contributed by atoms with van der Waals surface area (Å²) in [4.78, 5) is 13.8. The Kier molecular flexibility index (Phi) is 7.75. The van der Waals surface area contributed by atoms with E-state index in [9.17, 15) is 4.79 Å². The number of aliphatic hydroxyl groups is 1. The van der Waals surface area contributed by atoms with Crippen LogP contribution in [0.1, 0.15) is 39.5 Å². The minimum Gasteiger partial charge on any atom is -0.396 e. The van der Waals surface area contributed by atoms with Crippen LogP contribution in [-0.4, -0.2) is 47.7 Å². The van der Waals surface area contributed by atoms with Crippen LogP contribution < -0.4 is 5.32 Å². The van der Waals surface area contributed by atoms with Crippen molar-refractivity contribution in [2.75, 3.05) is 26.2 Å². The zero-order valence-corrected chi connectivity index (χ0v) is 11.7. The van der Waals surface area contributed by atoms with Crippen LogP contribution in [0.5, 0.6) is 0 Å². The number of halogens is 1. The maximum atomic E-state index is 11.9. The van der Waals surface area contributed by atoms with Crippen LogP contribution in [0.3, 0.4) is 0 Å². The number of rotatable bonds is 5. The van der Waals surface area contributed by atoms with Gasteiger partial charge in [0.05, 0.1) is 0 Å². The Bertz CT molecular complexity index is 235. The zero-order valence-electron chi connectivity index (χ0n) is 10.9. The van der Waals surface area contributed by atoms with Gasteiger partial charge in [-0.05, 0) is 26.7 Å². The lowest BCUT2D eigenvalue weighted by molar-refractivity contribution is -0.133. The van der Waals surface area contributed by atoms with E-state index in [1.165, 1.54) is 0 Å². The van der Waals surface area contributed by atoms with Gasteiger partial charge in [0.2, 0.25) is 5.91 Å². The van der Waals surface area contributed by atoms with E-state index in [0.29, 0.717) is 6.42 Å². The van der Waals surface area contributed by atoms with Crippen molar-refractivity contribution in [3.8, 4) is 0 Å². The quantitative estimate of drug-likeness (QED) is 0.733. The molecule has 0 aliphatic carbocycles. The summed E-state index contributed by atoms with van der Waals surface area (Å²) in [7, 11) is 0. The molecule has 0 spiro atoms.